The van der Waals surface area contributed by atoms with Crippen LogP contribution < -0.4 is 5.73 Å². The molecule has 0 bridgehead atoms. The Morgan fingerprint density at radius 2 is 1.74 bits per heavy atom. The Hall–Kier alpha value is -4.03. The van der Waals surface area contributed by atoms with Crippen LogP contribution in [0.3, 0.4) is 0 Å². The zero-order valence-electron chi connectivity index (χ0n) is 24.0. The number of morpholine rings is 1. The molecule has 1 amide bonds. The summed E-state index contributed by atoms with van der Waals surface area (Å²) in [6.45, 7) is 3.96. The van der Waals surface area contributed by atoms with Crippen molar-refractivity contribution in [1.82, 2.24) is 9.80 Å². The minimum Gasteiger partial charge on any atom is -0.508 e. The summed E-state index contributed by atoms with van der Waals surface area (Å²) in [7, 11) is 3.15. The maximum Gasteiger partial charge on any atom is 0.255 e. The van der Waals surface area contributed by atoms with Crippen molar-refractivity contribution in [2.75, 3.05) is 40.4 Å². The molecule has 2 aromatic carbocycles. The van der Waals surface area contributed by atoms with Crippen LogP contribution in [-0.2, 0) is 32.1 Å². The van der Waals surface area contributed by atoms with E-state index in [-0.39, 0.29) is 29.7 Å². The number of phenols is 1. The summed E-state index contributed by atoms with van der Waals surface area (Å²) >= 11 is 0. The molecule has 4 atom stereocenters. The van der Waals surface area contributed by atoms with Crippen molar-refractivity contribution in [2.45, 2.75) is 31.0 Å². The van der Waals surface area contributed by atoms with E-state index < -0.39 is 58.0 Å². The predicted molar refractivity (Wildman–Crippen MR) is 156 cm³/mol. The third-order valence-corrected chi connectivity index (χ3v) is 9.38. The molecule has 43 heavy (non-hydrogen) atoms. The van der Waals surface area contributed by atoms with E-state index in [9.17, 15) is 34.8 Å². The molecule has 1 saturated heterocycles. The predicted octanol–water partition coefficient (Wildman–Crippen LogP) is 1.46. The number of ketones is 2. The molecule has 4 unspecified atom stereocenters. The van der Waals surface area contributed by atoms with Crippen LogP contribution in [0.5, 0.6) is 5.75 Å². The molecular weight excluding hydrogens is 554 g/mol. The Bertz CT molecular complexity index is 1590. The fraction of sp³-hybridized carbons (Fsp3) is 0.406. The molecule has 1 heterocycles. The lowest BCUT2D eigenvalue weighted by Gasteiger charge is -2.50. The highest BCUT2D eigenvalue weighted by atomic mass is 16.5. The number of aromatic hydroxyl groups is 1. The molecule has 3 aliphatic carbocycles. The van der Waals surface area contributed by atoms with E-state index in [1.54, 1.807) is 20.2 Å². The molecule has 4 aliphatic rings. The molecule has 2 fully saturated rings. The molecule has 6 rings (SSSR count). The zero-order valence-corrected chi connectivity index (χ0v) is 24.0. The van der Waals surface area contributed by atoms with Crippen LogP contribution in [0, 0.1) is 11.8 Å². The molecule has 11 heteroatoms. The summed E-state index contributed by atoms with van der Waals surface area (Å²) in [5, 5.41) is 45.1. The minimum absolute atomic E-state index is 0.0410. The van der Waals surface area contributed by atoms with Crippen molar-refractivity contribution in [3.8, 4) is 16.9 Å². The van der Waals surface area contributed by atoms with Crippen LogP contribution in [0.15, 0.2) is 53.3 Å². The van der Waals surface area contributed by atoms with Gasteiger partial charge in [-0.25, -0.2) is 0 Å². The number of amides is 1. The highest BCUT2D eigenvalue weighted by Crippen LogP contribution is 2.53. The van der Waals surface area contributed by atoms with Crippen molar-refractivity contribution in [1.29, 1.82) is 0 Å². The van der Waals surface area contributed by atoms with Crippen LogP contribution in [-0.4, -0.2) is 99.7 Å². The lowest BCUT2D eigenvalue weighted by Crippen LogP contribution is -2.65. The van der Waals surface area contributed by atoms with Gasteiger partial charge in [-0.3, -0.25) is 24.2 Å². The Morgan fingerprint density at radius 1 is 1.07 bits per heavy atom. The number of rotatable bonds is 5. The summed E-state index contributed by atoms with van der Waals surface area (Å²) < 4.78 is 5.43. The van der Waals surface area contributed by atoms with Gasteiger partial charge in [-0.15, -0.1) is 0 Å². The van der Waals surface area contributed by atoms with E-state index in [1.165, 1.54) is 11.0 Å². The molecular formula is C32H35N3O8. The summed E-state index contributed by atoms with van der Waals surface area (Å²) in [5.74, 6) is -6.66. The van der Waals surface area contributed by atoms with Gasteiger partial charge < -0.3 is 30.9 Å². The number of benzene rings is 2. The fourth-order valence-electron chi connectivity index (χ4n) is 7.32. The van der Waals surface area contributed by atoms with Gasteiger partial charge >= 0.3 is 0 Å². The molecule has 11 nitrogen and oxygen atoms in total. The maximum atomic E-state index is 14.0. The second-order valence-corrected chi connectivity index (χ2v) is 12.0. The lowest BCUT2D eigenvalue weighted by molar-refractivity contribution is -0.153. The number of Topliss-reactive ketones (excluding diaryl/α,β-unsaturated/α-hetero) is 2. The first-order valence-electron chi connectivity index (χ1n) is 14.3. The summed E-state index contributed by atoms with van der Waals surface area (Å²) in [4.78, 5) is 43.3. The average Bonchev–Trinajstić information content (AvgIpc) is 2.96. The van der Waals surface area contributed by atoms with E-state index >= 15 is 0 Å². The first kappa shape index (κ1) is 29.1. The van der Waals surface area contributed by atoms with Crippen molar-refractivity contribution < 1.29 is 39.5 Å². The average molecular weight is 590 g/mol. The van der Waals surface area contributed by atoms with Crippen LogP contribution in [0.1, 0.15) is 23.1 Å². The van der Waals surface area contributed by atoms with Gasteiger partial charge in [0.15, 0.2) is 11.4 Å². The number of nitrogens with zero attached hydrogens (tertiary/aromatic N) is 2. The molecule has 226 valence electrons. The van der Waals surface area contributed by atoms with Crippen LogP contribution in [0.2, 0.25) is 0 Å². The number of likely N-dealkylation sites (N-methyl/N-ethyl adjacent to an activating group) is 1. The van der Waals surface area contributed by atoms with E-state index in [4.69, 9.17) is 10.5 Å². The van der Waals surface area contributed by atoms with Gasteiger partial charge in [-0.05, 0) is 61.2 Å². The monoisotopic (exact) mass is 589 g/mol. The van der Waals surface area contributed by atoms with Crippen molar-refractivity contribution in [3.63, 3.8) is 0 Å². The number of fused-ring (bicyclic) bond motifs is 3. The van der Waals surface area contributed by atoms with Crippen molar-refractivity contribution in [3.05, 3.63) is 70.0 Å². The number of primary amides is 1. The first-order valence-corrected chi connectivity index (χ1v) is 14.3. The zero-order chi connectivity index (χ0) is 30.8. The number of nitrogens with two attached hydrogens (primary N) is 1. The lowest BCUT2D eigenvalue weighted by atomic mass is 9.57. The van der Waals surface area contributed by atoms with Crippen LogP contribution >= 0.6 is 0 Å². The van der Waals surface area contributed by atoms with E-state index in [1.807, 2.05) is 24.3 Å². The first-order chi connectivity index (χ1) is 20.4. The van der Waals surface area contributed by atoms with Gasteiger partial charge in [-0.1, -0.05) is 30.3 Å². The SMILES string of the molecule is CN(C)C1C(=O)C(C(N)=O)=C(O)C2(O)C(=O)C3=C(O)c4c(O)ccc(-c5ccc(CN6CCOCC6)cc5)c4CC3CC12. The highest BCUT2D eigenvalue weighted by Gasteiger charge is 2.64. The summed E-state index contributed by atoms with van der Waals surface area (Å²) in [5.41, 5.74) is 5.21. The molecule has 6 N–H and O–H groups in total. The van der Waals surface area contributed by atoms with Crippen LogP contribution in [0.25, 0.3) is 16.9 Å². The number of ether oxygens (including phenoxy) is 1. The largest absolute Gasteiger partial charge is 0.508 e. The standard InChI is InChI=1S/C32H35N3O8/c1-34(2)26-21-14-18-13-20-19(17-5-3-16(4-6-17)15-35-9-11-43-12-10-35)7-8-22(36)24(20)27(37)23(18)29(39)32(21,42)30(40)25(28(26)38)31(33)41/h3-8,18,21,26,36-37,40,42H,9-15H2,1-2H3,(H2,33,41). The molecule has 1 saturated carbocycles. The Balaban J connectivity index is 1.42. The topological polar surface area (TPSA) is 174 Å². The Kier molecular flexibility index (Phi) is 7.16. The van der Waals surface area contributed by atoms with Gasteiger partial charge in [0.1, 0.15) is 22.8 Å². The minimum atomic E-state index is -2.66. The number of hydrogen-bond acceptors (Lipinski definition) is 10. The smallest absolute Gasteiger partial charge is 0.255 e. The third kappa shape index (κ3) is 4.46. The maximum absolute atomic E-state index is 14.0. The quantitative estimate of drug-likeness (QED) is 0.321. The number of hydrogen-bond donors (Lipinski definition) is 5. The van der Waals surface area contributed by atoms with Gasteiger partial charge in [0.2, 0.25) is 5.78 Å². The normalized spacial score (nSPS) is 27.7. The molecule has 0 aromatic heterocycles. The van der Waals surface area contributed by atoms with Crippen molar-refractivity contribution >= 4 is 23.2 Å². The van der Waals surface area contributed by atoms with Gasteiger partial charge in [0, 0.05) is 31.1 Å². The number of aliphatic hydroxyl groups excluding tert-OH is 2. The van der Waals surface area contributed by atoms with E-state index in [2.05, 4.69) is 4.90 Å². The second kappa shape index (κ2) is 10.6. The number of phenolic OH excluding ortho intramolecular Hbond substituents is 1. The van der Waals surface area contributed by atoms with Gasteiger partial charge in [0.05, 0.1) is 24.8 Å². The van der Waals surface area contributed by atoms with E-state index in [0.29, 0.717) is 18.8 Å². The molecule has 1 aliphatic heterocycles. The molecule has 0 spiro atoms. The summed E-state index contributed by atoms with van der Waals surface area (Å²) in [6, 6.07) is 10.1. The van der Waals surface area contributed by atoms with Crippen LogP contribution in [0.4, 0.5) is 0 Å². The Morgan fingerprint density at radius 3 is 2.37 bits per heavy atom. The summed E-state index contributed by atoms with van der Waals surface area (Å²) in [6.07, 6.45) is 0.271. The van der Waals surface area contributed by atoms with Gasteiger partial charge in [0.25, 0.3) is 5.91 Å². The molecule has 2 aromatic rings. The van der Waals surface area contributed by atoms with Crippen molar-refractivity contribution in [2.24, 2.45) is 17.6 Å². The Labute approximate surface area is 248 Å². The highest BCUT2D eigenvalue weighted by molar-refractivity contribution is 6.24. The molecule has 0 radical (unpaired) electrons. The third-order valence-electron chi connectivity index (χ3n) is 9.38. The number of aliphatic hydroxyl groups is 3. The number of carbonyl (C=O) groups excluding carboxylic acids is 3. The van der Waals surface area contributed by atoms with Gasteiger partial charge in [-0.2, -0.15) is 0 Å². The van der Waals surface area contributed by atoms with E-state index in [0.717, 1.165) is 36.3 Å². The number of carbonyl (C=O) groups is 3. The fourth-order valence-corrected chi connectivity index (χ4v) is 7.32. The second-order valence-electron chi connectivity index (χ2n) is 12.0.